The Morgan fingerprint density at radius 2 is 1.76 bits per heavy atom. The lowest BCUT2D eigenvalue weighted by Gasteiger charge is -2.19. The summed E-state index contributed by atoms with van der Waals surface area (Å²) in [5.74, 6) is 0.815. The first-order chi connectivity index (χ1) is 9.88. The second-order valence-electron chi connectivity index (χ2n) is 4.28. The molecule has 0 bridgehead atoms. The molecule has 0 aliphatic rings. The van der Waals surface area contributed by atoms with Gasteiger partial charge in [0.2, 0.25) is 0 Å². The highest BCUT2D eigenvalue weighted by Gasteiger charge is 2.29. The van der Waals surface area contributed by atoms with E-state index < -0.39 is 11.7 Å². The van der Waals surface area contributed by atoms with Crippen LogP contribution in [0.3, 0.4) is 0 Å². The molecule has 0 atom stereocenters. The largest absolute Gasteiger partial charge is 0.492 e. The molecule has 0 aliphatic carbocycles. The third-order valence-corrected chi connectivity index (χ3v) is 2.90. The van der Waals surface area contributed by atoms with E-state index in [2.05, 4.69) is 4.99 Å². The molecule has 0 saturated carbocycles. The minimum absolute atomic E-state index is 0.257. The zero-order valence-corrected chi connectivity index (χ0v) is 12.2. The van der Waals surface area contributed by atoms with Crippen LogP contribution in [0.25, 0.3) is 0 Å². The SMILES string of the molecule is CCN(CC)C(N)=NCCOc1ccc(C(F)(F)F)cc1. The zero-order chi connectivity index (χ0) is 15.9. The smallest absolute Gasteiger partial charge is 0.416 e. The predicted octanol–water partition coefficient (Wildman–Crippen LogP) is 2.74. The van der Waals surface area contributed by atoms with Gasteiger partial charge in [-0.3, -0.25) is 0 Å². The summed E-state index contributed by atoms with van der Waals surface area (Å²) in [7, 11) is 0. The summed E-state index contributed by atoms with van der Waals surface area (Å²) in [5, 5.41) is 0. The van der Waals surface area contributed by atoms with Crippen molar-refractivity contribution in [3.05, 3.63) is 29.8 Å². The Kier molecular flexibility index (Phi) is 6.33. The Morgan fingerprint density at radius 3 is 2.24 bits per heavy atom. The maximum atomic E-state index is 12.4. The van der Waals surface area contributed by atoms with Crippen molar-refractivity contribution in [1.82, 2.24) is 4.90 Å². The fourth-order valence-corrected chi connectivity index (χ4v) is 1.71. The van der Waals surface area contributed by atoms with Gasteiger partial charge in [0.1, 0.15) is 12.4 Å². The number of guanidine groups is 1. The average molecular weight is 303 g/mol. The first kappa shape index (κ1) is 17.1. The maximum Gasteiger partial charge on any atom is 0.416 e. The van der Waals surface area contributed by atoms with Crippen LogP contribution in [0, 0.1) is 0 Å². The molecule has 2 N–H and O–H groups in total. The van der Waals surface area contributed by atoms with Gasteiger partial charge in [-0.15, -0.1) is 0 Å². The molecule has 0 heterocycles. The molecule has 0 fully saturated rings. The molecule has 21 heavy (non-hydrogen) atoms. The van der Waals surface area contributed by atoms with Gasteiger partial charge in [-0.25, -0.2) is 4.99 Å². The fraction of sp³-hybridized carbons (Fsp3) is 0.500. The van der Waals surface area contributed by atoms with E-state index in [4.69, 9.17) is 10.5 Å². The van der Waals surface area contributed by atoms with Crippen molar-refractivity contribution in [2.75, 3.05) is 26.2 Å². The molecule has 0 aliphatic heterocycles. The number of alkyl halides is 3. The number of rotatable bonds is 6. The Hall–Kier alpha value is -1.92. The van der Waals surface area contributed by atoms with Crippen molar-refractivity contribution in [1.29, 1.82) is 0 Å². The fourth-order valence-electron chi connectivity index (χ4n) is 1.71. The van der Waals surface area contributed by atoms with Crippen molar-refractivity contribution in [3.63, 3.8) is 0 Å². The molecule has 4 nitrogen and oxygen atoms in total. The summed E-state index contributed by atoms with van der Waals surface area (Å²) >= 11 is 0. The molecule has 0 radical (unpaired) electrons. The Labute approximate surface area is 122 Å². The van der Waals surface area contributed by atoms with Gasteiger partial charge < -0.3 is 15.4 Å². The summed E-state index contributed by atoms with van der Waals surface area (Å²) in [4.78, 5) is 6.05. The first-order valence-electron chi connectivity index (χ1n) is 6.73. The molecule has 0 spiro atoms. The molecular weight excluding hydrogens is 283 g/mol. The van der Waals surface area contributed by atoms with Crippen molar-refractivity contribution < 1.29 is 17.9 Å². The predicted molar refractivity (Wildman–Crippen MR) is 76.3 cm³/mol. The molecule has 0 unspecified atom stereocenters. The van der Waals surface area contributed by atoms with Crippen LogP contribution in [0.15, 0.2) is 29.3 Å². The lowest BCUT2D eigenvalue weighted by molar-refractivity contribution is -0.137. The Balaban J connectivity index is 2.44. The standard InChI is InChI=1S/C14H20F3N3O/c1-3-20(4-2)13(18)19-9-10-21-12-7-5-11(6-8-12)14(15,16)17/h5-8H,3-4,9-10H2,1-2H3,(H2,18,19). The summed E-state index contributed by atoms with van der Waals surface area (Å²) in [6.07, 6.45) is -4.33. The van der Waals surface area contributed by atoms with E-state index in [9.17, 15) is 13.2 Å². The van der Waals surface area contributed by atoms with E-state index in [1.54, 1.807) is 0 Å². The Morgan fingerprint density at radius 1 is 1.19 bits per heavy atom. The molecule has 1 aromatic rings. The van der Waals surface area contributed by atoms with Gasteiger partial charge in [-0.2, -0.15) is 13.2 Å². The van der Waals surface area contributed by atoms with Gasteiger partial charge in [0.15, 0.2) is 5.96 Å². The van der Waals surface area contributed by atoms with Gasteiger partial charge in [0.25, 0.3) is 0 Å². The molecule has 118 valence electrons. The summed E-state index contributed by atoms with van der Waals surface area (Å²) in [6, 6.07) is 4.56. The summed E-state index contributed by atoms with van der Waals surface area (Å²) < 4.78 is 42.5. The van der Waals surface area contributed by atoms with Crippen molar-refractivity contribution in [3.8, 4) is 5.75 Å². The third kappa shape index (κ3) is 5.53. The van der Waals surface area contributed by atoms with E-state index >= 15 is 0 Å². The number of halogens is 3. The highest BCUT2D eigenvalue weighted by Crippen LogP contribution is 2.30. The van der Waals surface area contributed by atoms with Crippen molar-refractivity contribution >= 4 is 5.96 Å². The topological polar surface area (TPSA) is 50.8 Å². The third-order valence-electron chi connectivity index (χ3n) is 2.90. The molecule has 1 rings (SSSR count). The minimum Gasteiger partial charge on any atom is -0.492 e. The van der Waals surface area contributed by atoms with E-state index in [1.807, 2.05) is 18.7 Å². The van der Waals surface area contributed by atoms with E-state index in [-0.39, 0.29) is 6.61 Å². The van der Waals surface area contributed by atoms with Crippen molar-refractivity contribution in [2.45, 2.75) is 20.0 Å². The van der Waals surface area contributed by atoms with Gasteiger partial charge >= 0.3 is 6.18 Å². The number of hydrogen-bond donors (Lipinski definition) is 1. The van der Waals surface area contributed by atoms with Crippen LogP contribution in [-0.2, 0) is 6.18 Å². The van der Waals surface area contributed by atoms with Gasteiger partial charge in [0, 0.05) is 13.1 Å². The number of nitrogens with zero attached hydrogens (tertiary/aromatic N) is 2. The number of aliphatic imine (C=N–C) groups is 1. The van der Waals surface area contributed by atoms with Crippen LogP contribution in [0.2, 0.25) is 0 Å². The lowest BCUT2D eigenvalue weighted by Crippen LogP contribution is -2.37. The number of hydrogen-bond acceptors (Lipinski definition) is 2. The number of nitrogens with two attached hydrogens (primary N) is 1. The summed E-state index contributed by atoms with van der Waals surface area (Å²) in [5.41, 5.74) is 5.09. The number of benzene rings is 1. The van der Waals surface area contributed by atoms with Gasteiger partial charge in [0.05, 0.1) is 12.1 Å². The minimum atomic E-state index is -4.33. The zero-order valence-electron chi connectivity index (χ0n) is 12.2. The summed E-state index contributed by atoms with van der Waals surface area (Å²) in [6.45, 7) is 6.10. The molecule has 0 aromatic heterocycles. The molecule has 7 heteroatoms. The molecule has 1 aromatic carbocycles. The van der Waals surface area contributed by atoms with E-state index in [1.165, 1.54) is 12.1 Å². The molecule has 0 saturated heterocycles. The number of ether oxygens (including phenoxy) is 1. The van der Waals surface area contributed by atoms with Crippen molar-refractivity contribution in [2.24, 2.45) is 10.7 Å². The van der Waals surface area contributed by atoms with Crippen LogP contribution < -0.4 is 10.5 Å². The van der Waals surface area contributed by atoms with Crippen LogP contribution in [0.5, 0.6) is 5.75 Å². The second kappa shape index (κ2) is 7.75. The lowest BCUT2D eigenvalue weighted by atomic mass is 10.2. The molecule has 0 amide bonds. The van der Waals surface area contributed by atoms with Crippen LogP contribution in [0.4, 0.5) is 13.2 Å². The second-order valence-corrected chi connectivity index (χ2v) is 4.28. The highest BCUT2D eigenvalue weighted by molar-refractivity contribution is 5.77. The van der Waals surface area contributed by atoms with E-state index in [0.717, 1.165) is 25.2 Å². The van der Waals surface area contributed by atoms with Gasteiger partial charge in [-0.05, 0) is 38.1 Å². The van der Waals surface area contributed by atoms with Crippen LogP contribution in [0.1, 0.15) is 19.4 Å². The van der Waals surface area contributed by atoms with Crippen LogP contribution in [-0.4, -0.2) is 37.1 Å². The first-order valence-corrected chi connectivity index (χ1v) is 6.73. The van der Waals surface area contributed by atoms with Crippen LogP contribution >= 0.6 is 0 Å². The average Bonchev–Trinajstić information content (AvgIpc) is 2.44. The maximum absolute atomic E-state index is 12.4. The Bertz CT molecular complexity index is 454. The molecular formula is C14H20F3N3O. The monoisotopic (exact) mass is 303 g/mol. The van der Waals surface area contributed by atoms with E-state index in [0.29, 0.717) is 18.3 Å². The van der Waals surface area contributed by atoms with Gasteiger partial charge in [-0.1, -0.05) is 0 Å². The highest BCUT2D eigenvalue weighted by atomic mass is 19.4. The normalized spacial score (nSPS) is 12.3. The quantitative estimate of drug-likeness (QED) is 0.499.